The van der Waals surface area contributed by atoms with Crippen LogP contribution < -0.4 is 24.8 Å². The summed E-state index contributed by atoms with van der Waals surface area (Å²) < 4.78 is 0. The van der Waals surface area contributed by atoms with Crippen molar-refractivity contribution in [3.63, 3.8) is 0 Å². The molecule has 0 saturated carbocycles. The Morgan fingerprint density at radius 2 is 1.08 bits per heavy atom. The van der Waals surface area contributed by atoms with E-state index in [0.29, 0.717) is 0 Å². The molecule has 3 radical (unpaired) electrons. The second kappa shape index (κ2) is 17.5. The molecule has 6 aromatic carbocycles. The van der Waals surface area contributed by atoms with E-state index >= 15 is 0 Å². The number of halogens is 2. The predicted octanol–water partition coefficient (Wildman–Crippen LogP) is 3.79. The van der Waals surface area contributed by atoms with Gasteiger partial charge in [-0.05, 0) is 10.9 Å². The van der Waals surface area contributed by atoms with Crippen molar-refractivity contribution in [1.29, 1.82) is 0 Å². The zero-order chi connectivity index (χ0) is 24.5. The average Bonchev–Trinajstić information content (AvgIpc) is 3.48. The fourth-order valence-corrected chi connectivity index (χ4v) is 4.37. The molecule has 0 N–H and O–H groups in total. The maximum atomic E-state index is 2.97. The quantitative estimate of drug-likeness (QED) is 0.194. The van der Waals surface area contributed by atoms with E-state index in [1.54, 1.807) is 6.55 Å². The van der Waals surface area contributed by atoms with Crippen molar-refractivity contribution < 1.29 is 51.0 Å². The van der Waals surface area contributed by atoms with Crippen LogP contribution in [0, 0.1) is 13.8 Å². The van der Waals surface area contributed by atoms with Gasteiger partial charge in [0.2, 0.25) is 0 Å². The largest absolute Gasteiger partial charge is 4.00 e. The van der Waals surface area contributed by atoms with Crippen molar-refractivity contribution in [1.82, 2.24) is 0 Å². The van der Waals surface area contributed by atoms with Gasteiger partial charge in [-0.25, -0.2) is 0 Å². The van der Waals surface area contributed by atoms with Crippen LogP contribution in [0.5, 0.6) is 0 Å². The molecule has 0 atom stereocenters. The molecule has 6 aromatic rings. The maximum absolute atomic E-state index is 2.97. The Hall–Kier alpha value is -1.96. The fourth-order valence-electron chi connectivity index (χ4n) is 4.37. The first-order chi connectivity index (χ1) is 16.7. The Kier molecular flexibility index (Phi) is 16.6. The van der Waals surface area contributed by atoms with Gasteiger partial charge >= 0.3 is 26.2 Å². The minimum atomic E-state index is 0. The molecule has 6 rings (SSSR count). The van der Waals surface area contributed by atoms with E-state index in [-0.39, 0.29) is 51.0 Å². The minimum absolute atomic E-state index is 0. The van der Waals surface area contributed by atoms with E-state index in [9.17, 15) is 0 Å². The van der Waals surface area contributed by atoms with Crippen molar-refractivity contribution >= 4 is 42.6 Å². The molecule has 0 aromatic heterocycles. The predicted molar refractivity (Wildman–Crippen MR) is 154 cm³/mol. The van der Waals surface area contributed by atoms with Gasteiger partial charge < -0.3 is 24.8 Å². The summed E-state index contributed by atoms with van der Waals surface area (Å²) in [5.41, 5.74) is 5.29. The molecule has 0 saturated heterocycles. The summed E-state index contributed by atoms with van der Waals surface area (Å²) in [4.78, 5) is 0. The Balaban J connectivity index is 0.000000580. The Labute approximate surface area is 257 Å². The van der Waals surface area contributed by atoms with Crippen LogP contribution in [0.4, 0.5) is 0 Å². The number of rotatable bonds is 1. The molecule has 37 heavy (non-hydrogen) atoms. The molecule has 0 heterocycles. The van der Waals surface area contributed by atoms with Crippen LogP contribution in [0.2, 0.25) is 6.55 Å². The topological polar surface area (TPSA) is 0 Å². The molecule has 0 nitrogen and oxygen atoms in total. The summed E-state index contributed by atoms with van der Waals surface area (Å²) in [5.74, 6) is 0. The second-order valence-corrected chi connectivity index (χ2v) is 8.03. The number of hydrogen-bond acceptors (Lipinski definition) is 0. The van der Waals surface area contributed by atoms with Gasteiger partial charge in [0.05, 0.1) is 0 Å². The first kappa shape index (κ1) is 35.0. The molecular weight excluding hydrogens is 587 g/mol. The van der Waals surface area contributed by atoms with Gasteiger partial charge in [-0.2, -0.15) is 12.1 Å². The summed E-state index contributed by atoms with van der Waals surface area (Å²) >= 11 is 0. The standard InChI is InChI=1S/C16H13.C14H11.C2H6.CH3Si.2ClH.Zr/c1-12-10-14-8-5-9-15(16(14)11-12)13-6-3-2-4-7-13;1-10-8-12-7-6-11-4-2-3-5-13(11)14(12)9-10;2*1-2;;;/h2-11H,1H3;2-9H,1H3;1-2H3;1H3;2*1H;/q2*-1;;;;;+4/p-2. The molecule has 0 aliphatic rings. The fraction of sp³-hybridized carbons (Fsp3) is 0.152. The zero-order valence-electron chi connectivity index (χ0n) is 22.1. The van der Waals surface area contributed by atoms with Gasteiger partial charge in [-0.1, -0.05) is 112 Å². The van der Waals surface area contributed by atoms with Crippen LogP contribution in [0.1, 0.15) is 25.0 Å². The molecule has 0 bridgehead atoms. The van der Waals surface area contributed by atoms with Gasteiger partial charge in [-0.15, -0.1) is 63.0 Å². The molecule has 0 spiro atoms. The minimum Gasteiger partial charge on any atom is -1.00 e. The van der Waals surface area contributed by atoms with Crippen molar-refractivity contribution in [3.05, 3.63) is 120 Å². The number of benzene rings is 4. The molecule has 0 fully saturated rings. The SMILES string of the molecule is CC.C[Si].Cc1cc2c(-c3ccccc3)cccc2[cH-]1.Cc1cc2c(ccc3ccccc32)[cH-]1.[Cl-].[Cl-].[Zr+4]. The van der Waals surface area contributed by atoms with Gasteiger partial charge in [-0.3, -0.25) is 0 Å². The van der Waals surface area contributed by atoms with Crippen LogP contribution in [0.25, 0.3) is 43.4 Å². The third-order valence-electron chi connectivity index (χ3n) is 5.74. The van der Waals surface area contributed by atoms with E-state index in [4.69, 9.17) is 0 Å². The molecule has 0 amide bonds. The van der Waals surface area contributed by atoms with Crippen molar-refractivity contribution in [2.24, 2.45) is 0 Å². The number of fused-ring (bicyclic) bond motifs is 4. The molecule has 4 heteroatoms. The monoisotopic (exact) mass is 617 g/mol. The van der Waals surface area contributed by atoms with Gasteiger partial charge in [0.1, 0.15) is 0 Å². The normalized spacial score (nSPS) is 9.24. The summed E-state index contributed by atoms with van der Waals surface area (Å²) in [6.45, 7) is 10.1. The zero-order valence-corrected chi connectivity index (χ0v) is 27.1. The molecule has 0 aliphatic heterocycles. The van der Waals surface area contributed by atoms with E-state index in [0.717, 1.165) is 0 Å². The summed E-state index contributed by atoms with van der Waals surface area (Å²) in [6.07, 6.45) is 0. The van der Waals surface area contributed by atoms with E-state index in [1.807, 2.05) is 13.8 Å². The van der Waals surface area contributed by atoms with E-state index in [1.165, 1.54) is 54.6 Å². The number of aryl methyl sites for hydroxylation is 2. The van der Waals surface area contributed by atoms with Crippen LogP contribution in [-0.2, 0) is 26.2 Å². The van der Waals surface area contributed by atoms with E-state index < -0.39 is 0 Å². The molecule has 0 unspecified atom stereocenters. The van der Waals surface area contributed by atoms with Crippen LogP contribution in [-0.4, -0.2) is 10.2 Å². The smallest absolute Gasteiger partial charge is 1.00 e. The first-order valence-electron chi connectivity index (χ1n) is 12.0. The maximum Gasteiger partial charge on any atom is 4.00 e. The van der Waals surface area contributed by atoms with Crippen LogP contribution >= 0.6 is 0 Å². The Morgan fingerprint density at radius 3 is 1.73 bits per heavy atom. The Bertz CT molecular complexity index is 1470. The third-order valence-corrected chi connectivity index (χ3v) is 5.74. The van der Waals surface area contributed by atoms with Gasteiger partial charge in [0, 0.05) is 10.2 Å². The van der Waals surface area contributed by atoms with Crippen molar-refractivity contribution in [3.8, 4) is 11.1 Å². The van der Waals surface area contributed by atoms with E-state index in [2.05, 4.69) is 133 Å². The first-order valence-corrected chi connectivity index (χ1v) is 13.0. The molecular formula is C33H33Cl2SiZr. The Morgan fingerprint density at radius 1 is 0.541 bits per heavy atom. The number of hydrogen-bond donors (Lipinski definition) is 0. The third kappa shape index (κ3) is 8.52. The summed E-state index contributed by atoms with van der Waals surface area (Å²) in [6, 6.07) is 39.0. The summed E-state index contributed by atoms with van der Waals surface area (Å²) in [5, 5.41) is 8.09. The van der Waals surface area contributed by atoms with Crippen LogP contribution in [0.3, 0.4) is 0 Å². The second-order valence-electron chi connectivity index (χ2n) is 8.03. The molecule has 187 valence electrons. The van der Waals surface area contributed by atoms with Crippen molar-refractivity contribution in [2.45, 2.75) is 34.2 Å². The average molecular weight is 620 g/mol. The molecule has 0 aliphatic carbocycles. The van der Waals surface area contributed by atoms with Gasteiger partial charge in [0.25, 0.3) is 0 Å². The van der Waals surface area contributed by atoms with Gasteiger partial charge in [0.15, 0.2) is 0 Å². The summed E-state index contributed by atoms with van der Waals surface area (Å²) in [7, 11) is 2.97. The van der Waals surface area contributed by atoms with Crippen molar-refractivity contribution in [2.75, 3.05) is 0 Å². The van der Waals surface area contributed by atoms with Crippen LogP contribution in [0.15, 0.2) is 109 Å².